The van der Waals surface area contributed by atoms with Crippen LogP contribution in [-0.4, -0.2) is 0 Å². The zero-order valence-corrected chi connectivity index (χ0v) is 10.0. The van der Waals surface area contributed by atoms with E-state index in [1.165, 1.54) is 12.1 Å². The number of hydrogen-bond acceptors (Lipinski definition) is 2. The van der Waals surface area contributed by atoms with E-state index in [0.717, 1.165) is 37.0 Å². The third-order valence-electron chi connectivity index (χ3n) is 2.74. The van der Waals surface area contributed by atoms with Crippen molar-refractivity contribution in [1.82, 2.24) is 5.43 Å². The molecule has 0 amide bonds. The maximum atomic E-state index is 12.4. The van der Waals surface area contributed by atoms with Crippen LogP contribution in [0.15, 0.2) is 36.9 Å². The Bertz CT molecular complexity index is 371. The Morgan fingerprint density at radius 2 is 1.89 bits per heavy atom. The number of alkyl halides is 3. The Morgan fingerprint density at radius 1 is 1.28 bits per heavy atom. The Balaban J connectivity index is 2.72. The van der Waals surface area contributed by atoms with Crippen molar-refractivity contribution in [2.45, 2.75) is 31.5 Å². The van der Waals surface area contributed by atoms with E-state index in [-0.39, 0.29) is 6.04 Å². The van der Waals surface area contributed by atoms with Crippen molar-refractivity contribution in [1.29, 1.82) is 0 Å². The van der Waals surface area contributed by atoms with Crippen LogP contribution in [-0.2, 0) is 6.18 Å². The van der Waals surface area contributed by atoms with E-state index in [0.29, 0.717) is 0 Å². The number of nitrogens with two attached hydrogens (primary N) is 1. The second-order valence-electron chi connectivity index (χ2n) is 4.06. The molecule has 1 atom stereocenters. The van der Waals surface area contributed by atoms with Gasteiger partial charge in [0, 0.05) is 6.04 Å². The molecule has 100 valence electrons. The van der Waals surface area contributed by atoms with Crippen molar-refractivity contribution in [2.75, 3.05) is 0 Å². The molecular weight excluding hydrogens is 241 g/mol. The highest BCUT2D eigenvalue weighted by atomic mass is 19.4. The summed E-state index contributed by atoms with van der Waals surface area (Å²) in [5.74, 6) is 5.41. The molecule has 0 bridgehead atoms. The maximum absolute atomic E-state index is 12.4. The van der Waals surface area contributed by atoms with Crippen molar-refractivity contribution < 1.29 is 13.2 Å². The summed E-state index contributed by atoms with van der Waals surface area (Å²) in [4.78, 5) is 0. The molecule has 5 heteroatoms. The molecule has 1 aromatic rings. The molecule has 0 aliphatic carbocycles. The molecule has 1 unspecified atom stereocenters. The number of hydrazine groups is 1. The van der Waals surface area contributed by atoms with Crippen molar-refractivity contribution >= 4 is 0 Å². The highest BCUT2D eigenvalue weighted by Crippen LogP contribution is 2.30. The van der Waals surface area contributed by atoms with E-state index in [2.05, 4.69) is 12.0 Å². The van der Waals surface area contributed by atoms with Crippen LogP contribution in [0.25, 0.3) is 0 Å². The van der Waals surface area contributed by atoms with Crippen molar-refractivity contribution in [3.05, 3.63) is 48.0 Å². The minimum Gasteiger partial charge on any atom is -0.271 e. The first-order valence-electron chi connectivity index (χ1n) is 5.73. The molecule has 0 radical (unpaired) electrons. The van der Waals surface area contributed by atoms with Gasteiger partial charge >= 0.3 is 6.18 Å². The smallest absolute Gasteiger partial charge is 0.271 e. The molecule has 0 saturated heterocycles. The second kappa shape index (κ2) is 6.56. The van der Waals surface area contributed by atoms with Crippen LogP contribution in [0.5, 0.6) is 0 Å². The van der Waals surface area contributed by atoms with Crippen molar-refractivity contribution in [3.63, 3.8) is 0 Å². The fourth-order valence-corrected chi connectivity index (χ4v) is 1.72. The number of nitrogens with one attached hydrogen (secondary N) is 1. The standard InChI is InChI=1S/C13H17F3N2/c1-2-3-4-5-12(18-17)10-6-8-11(9-7-10)13(14,15)16/h2,6-9,12,18H,1,3-5,17H2. The van der Waals surface area contributed by atoms with Gasteiger partial charge in [0.25, 0.3) is 0 Å². The van der Waals surface area contributed by atoms with Gasteiger partial charge in [-0.2, -0.15) is 13.2 Å². The van der Waals surface area contributed by atoms with Crippen molar-refractivity contribution in [3.8, 4) is 0 Å². The Hall–Kier alpha value is -1.33. The summed E-state index contributed by atoms with van der Waals surface area (Å²) in [6, 6.07) is 4.94. The summed E-state index contributed by atoms with van der Waals surface area (Å²) < 4.78 is 37.2. The summed E-state index contributed by atoms with van der Waals surface area (Å²) in [6.45, 7) is 3.62. The molecule has 0 heterocycles. The van der Waals surface area contributed by atoms with Crippen LogP contribution in [0.3, 0.4) is 0 Å². The first-order valence-corrected chi connectivity index (χ1v) is 5.73. The molecule has 1 aromatic carbocycles. The lowest BCUT2D eigenvalue weighted by Gasteiger charge is -2.16. The SMILES string of the molecule is C=CCCCC(NN)c1ccc(C(F)(F)F)cc1. The second-order valence-corrected chi connectivity index (χ2v) is 4.06. The van der Waals surface area contributed by atoms with Gasteiger partial charge in [-0.05, 0) is 37.0 Å². The molecule has 0 aromatic heterocycles. The summed E-state index contributed by atoms with van der Waals surface area (Å²) in [7, 11) is 0. The fraction of sp³-hybridized carbons (Fsp3) is 0.385. The van der Waals surface area contributed by atoms with Gasteiger partial charge in [0.15, 0.2) is 0 Å². The van der Waals surface area contributed by atoms with Gasteiger partial charge in [0.05, 0.1) is 5.56 Å². The lowest BCUT2D eigenvalue weighted by atomic mass is 10.00. The number of halogens is 3. The van der Waals surface area contributed by atoms with Gasteiger partial charge in [-0.3, -0.25) is 11.3 Å². The predicted octanol–water partition coefficient (Wildman–Crippen LogP) is 3.57. The van der Waals surface area contributed by atoms with Gasteiger partial charge in [-0.25, -0.2) is 0 Å². The monoisotopic (exact) mass is 258 g/mol. The summed E-state index contributed by atoms with van der Waals surface area (Å²) in [5.41, 5.74) is 2.73. The zero-order valence-electron chi connectivity index (χ0n) is 10.0. The van der Waals surface area contributed by atoms with Gasteiger partial charge in [0.1, 0.15) is 0 Å². The van der Waals surface area contributed by atoms with Gasteiger partial charge in [-0.1, -0.05) is 18.2 Å². The molecule has 1 rings (SSSR count). The molecule has 0 fully saturated rings. The van der Waals surface area contributed by atoms with Crippen LogP contribution >= 0.6 is 0 Å². The first kappa shape index (κ1) is 14.7. The largest absolute Gasteiger partial charge is 0.416 e. The molecular formula is C13H17F3N2. The molecule has 18 heavy (non-hydrogen) atoms. The molecule has 2 nitrogen and oxygen atoms in total. The van der Waals surface area contributed by atoms with E-state index in [1.807, 2.05) is 0 Å². The van der Waals surface area contributed by atoms with Gasteiger partial charge in [0.2, 0.25) is 0 Å². The first-order chi connectivity index (χ1) is 8.49. The van der Waals surface area contributed by atoms with Gasteiger partial charge < -0.3 is 0 Å². The van der Waals surface area contributed by atoms with E-state index >= 15 is 0 Å². The minimum atomic E-state index is -4.30. The average molecular weight is 258 g/mol. The Morgan fingerprint density at radius 3 is 2.33 bits per heavy atom. The van der Waals surface area contributed by atoms with E-state index in [9.17, 15) is 13.2 Å². The number of unbranched alkanes of at least 4 members (excludes halogenated alkanes) is 1. The fourth-order valence-electron chi connectivity index (χ4n) is 1.72. The number of rotatable bonds is 6. The topological polar surface area (TPSA) is 38.0 Å². The maximum Gasteiger partial charge on any atom is 0.416 e. The molecule has 0 saturated carbocycles. The lowest BCUT2D eigenvalue weighted by molar-refractivity contribution is -0.137. The van der Waals surface area contributed by atoms with E-state index < -0.39 is 11.7 Å². The lowest BCUT2D eigenvalue weighted by Crippen LogP contribution is -2.28. The highest BCUT2D eigenvalue weighted by Gasteiger charge is 2.30. The Kier molecular flexibility index (Phi) is 5.37. The van der Waals surface area contributed by atoms with Gasteiger partial charge in [-0.15, -0.1) is 6.58 Å². The van der Waals surface area contributed by atoms with Crippen molar-refractivity contribution in [2.24, 2.45) is 5.84 Å². The number of benzene rings is 1. The van der Waals surface area contributed by atoms with Crippen LogP contribution in [0.2, 0.25) is 0 Å². The molecule has 0 aliphatic rings. The summed E-state index contributed by atoms with van der Waals surface area (Å²) in [5, 5.41) is 0. The number of hydrogen-bond donors (Lipinski definition) is 2. The van der Waals surface area contributed by atoms with Crippen LogP contribution in [0.1, 0.15) is 36.4 Å². The third-order valence-corrected chi connectivity index (χ3v) is 2.74. The van der Waals surface area contributed by atoms with Crippen LogP contribution < -0.4 is 11.3 Å². The molecule has 0 aliphatic heterocycles. The summed E-state index contributed by atoms with van der Waals surface area (Å²) >= 11 is 0. The zero-order chi connectivity index (χ0) is 13.6. The summed E-state index contributed by atoms with van der Waals surface area (Å²) in [6.07, 6.45) is 0.0133. The minimum absolute atomic E-state index is 0.132. The predicted molar refractivity (Wildman–Crippen MR) is 65.6 cm³/mol. The normalized spacial score (nSPS) is 13.3. The Labute approximate surface area is 105 Å². The van der Waals surface area contributed by atoms with Crippen LogP contribution in [0, 0.1) is 0 Å². The molecule has 3 N–H and O–H groups in total. The highest BCUT2D eigenvalue weighted by molar-refractivity contribution is 5.26. The van der Waals surface area contributed by atoms with E-state index in [4.69, 9.17) is 5.84 Å². The average Bonchev–Trinajstić information content (AvgIpc) is 2.34. The number of allylic oxidation sites excluding steroid dienone is 1. The third kappa shape index (κ3) is 4.16. The molecule has 0 spiro atoms. The van der Waals surface area contributed by atoms with E-state index in [1.54, 1.807) is 6.08 Å². The quantitative estimate of drug-likeness (QED) is 0.354. The van der Waals surface area contributed by atoms with Crippen LogP contribution in [0.4, 0.5) is 13.2 Å².